The quantitative estimate of drug-likeness (QED) is 0.459. The number of halogens is 1. The molecule has 0 saturated carbocycles. The van der Waals surface area contributed by atoms with Crippen LogP contribution in [0.25, 0.3) is 10.9 Å². The van der Waals surface area contributed by atoms with E-state index in [0.717, 1.165) is 34.0 Å². The highest BCUT2D eigenvalue weighted by atomic mass is 79.9. The third-order valence-corrected chi connectivity index (χ3v) is 7.05. The summed E-state index contributed by atoms with van der Waals surface area (Å²) in [4.78, 5) is 23.4. The minimum absolute atomic E-state index is 0.0806. The lowest BCUT2D eigenvalue weighted by molar-refractivity contribution is -0.151. The normalized spacial score (nSPS) is 17.4. The van der Waals surface area contributed by atoms with Gasteiger partial charge in [-0.05, 0) is 51.7 Å². The predicted octanol–water partition coefficient (Wildman–Crippen LogP) is 4.94. The number of hydrogen-bond donors (Lipinski definition) is 0. The van der Waals surface area contributed by atoms with Crippen molar-refractivity contribution in [3.63, 3.8) is 0 Å². The Balaban J connectivity index is 1.46. The van der Waals surface area contributed by atoms with Crippen molar-refractivity contribution in [3.8, 4) is 0 Å². The second-order valence-corrected chi connectivity index (χ2v) is 10.4. The average molecular weight is 502 g/mol. The first-order valence-corrected chi connectivity index (χ1v) is 12.3. The Kier molecular flexibility index (Phi) is 7.38. The molecule has 4 rings (SSSR count). The molecule has 0 radical (unpaired) electrons. The third kappa shape index (κ3) is 5.92. The highest BCUT2D eigenvalue weighted by Crippen LogP contribution is 2.23. The van der Waals surface area contributed by atoms with Gasteiger partial charge in [-0.25, -0.2) is 0 Å². The summed E-state index contributed by atoms with van der Waals surface area (Å²) in [7, 11) is 0. The van der Waals surface area contributed by atoms with Crippen LogP contribution in [0.2, 0.25) is 0 Å². The second-order valence-electron chi connectivity index (χ2n) is 8.47. The van der Waals surface area contributed by atoms with Crippen LogP contribution in [-0.4, -0.2) is 53.0 Å². The zero-order chi connectivity index (χ0) is 21.8. The number of amides is 1. The molecule has 1 atom stereocenters. The predicted molar refractivity (Wildman–Crippen MR) is 129 cm³/mol. The molecular weight excluding hydrogens is 474 g/mol. The van der Waals surface area contributed by atoms with E-state index in [9.17, 15) is 4.79 Å². The van der Waals surface area contributed by atoms with Crippen LogP contribution >= 0.6 is 27.3 Å². The van der Waals surface area contributed by atoms with Crippen molar-refractivity contribution in [2.24, 2.45) is 5.92 Å². The molecule has 0 unspecified atom stereocenters. The lowest BCUT2D eigenvalue weighted by Gasteiger charge is -2.35. The summed E-state index contributed by atoms with van der Waals surface area (Å²) >= 11 is 5.26. The van der Waals surface area contributed by atoms with E-state index in [2.05, 4.69) is 69.3 Å². The maximum Gasteiger partial charge on any atom is 0.253 e. The molecule has 164 valence electrons. The van der Waals surface area contributed by atoms with Crippen molar-refractivity contribution in [1.29, 1.82) is 0 Å². The number of aromatic nitrogens is 1. The molecule has 3 aromatic rings. The van der Waals surface area contributed by atoms with Crippen molar-refractivity contribution in [2.75, 3.05) is 26.2 Å². The monoisotopic (exact) mass is 501 g/mol. The molecule has 1 aliphatic rings. The van der Waals surface area contributed by atoms with E-state index in [1.165, 1.54) is 4.88 Å². The number of benzene rings is 1. The number of morpholine rings is 1. The summed E-state index contributed by atoms with van der Waals surface area (Å²) < 4.78 is 7.05. The summed E-state index contributed by atoms with van der Waals surface area (Å²) in [5.41, 5.74) is 2.09. The van der Waals surface area contributed by atoms with Gasteiger partial charge in [-0.15, -0.1) is 11.3 Å². The minimum Gasteiger partial charge on any atom is -0.366 e. The fourth-order valence-electron chi connectivity index (χ4n) is 3.97. The number of hydrogen-bond acceptors (Lipinski definition) is 5. The highest BCUT2D eigenvalue weighted by molar-refractivity contribution is 9.10. The van der Waals surface area contributed by atoms with Crippen LogP contribution in [0, 0.1) is 5.92 Å². The zero-order valence-corrected chi connectivity index (χ0v) is 20.4. The topological polar surface area (TPSA) is 45.7 Å². The summed E-state index contributed by atoms with van der Waals surface area (Å²) in [6, 6.07) is 12.4. The number of pyridine rings is 1. The first kappa shape index (κ1) is 22.4. The molecule has 0 N–H and O–H groups in total. The van der Waals surface area contributed by atoms with Crippen molar-refractivity contribution in [3.05, 3.63) is 62.9 Å². The minimum atomic E-state index is -0.418. The molecule has 0 spiro atoms. The van der Waals surface area contributed by atoms with Crippen LogP contribution in [0.15, 0.2) is 52.4 Å². The Morgan fingerprint density at radius 2 is 2.23 bits per heavy atom. The van der Waals surface area contributed by atoms with Crippen LogP contribution in [0.4, 0.5) is 0 Å². The molecule has 2 aromatic heterocycles. The van der Waals surface area contributed by atoms with Crippen molar-refractivity contribution in [1.82, 2.24) is 14.8 Å². The van der Waals surface area contributed by atoms with E-state index in [1.807, 2.05) is 17.0 Å². The lowest BCUT2D eigenvalue weighted by atomic mass is 10.1. The fraction of sp³-hybridized carbons (Fsp3) is 0.417. The summed E-state index contributed by atoms with van der Waals surface area (Å²) in [6.07, 6.45) is 1.38. The largest absolute Gasteiger partial charge is 0.366 e. The maximum absolute atomic E-state index is 13.5. The molecule has 0 aliphatic carbocycles. The van der Waals surface area contributed by atoms with Gasteiger partial charge in [-0.3, -0.25) is 14.7 Å². The zero-order valence-electron chi connectivity index (χ0n) is 18.0. The van der Waals surface area contributed by atoms with Gasteiger partial charge in [0.25, 0.3) is 5.91 Å². The van der Waals surface area contributed by atoms with Gasteiger partial charge in [0.1, 0.15) is 6.10 Å². The lowest BCUT2D eigenvalue weighted by Crippen LogP contribution is -2.51. The van der Waals surface area contributed by atoms with Crippen LogP contribution < -0.4 is 0 Å². The molecule has 1 aromatic carbocycles. The molecule has 1 saturated heterocycles. The summed E-state index contributed by atoms with van der Waals surface area (Å²) in [5.74, 6) is 0.464. The van der Waals surface area contributed by atoms with Gasteiger partial charge in [-0.2, -0.15) is 0 Å². The fourth-order valence-corrected chi connectivity index (χ4v) is 5.47. The van der Waals surface area contributed by atoms with Gasteiger partial charge < -0.3 is 9.64 Å². The Morgan fingerprint density at radius 1 is 1.35 bits per heavy atom. The summed E-state index contributed by atoms with van der Waals surface area (Å²) in [5, 5.41) is 3.20. The van der Waals surface area contributed by atoms with E-state index in [1.54, 1.807) is 17.5 Å². The van der Waals surface area contributed by atoms with Gasteiger partial charge in [0.2, 0.25) is 0 Å². The Bertz CT molecular complexity index is 1040. The number of carbonyl (C=O) groups is 1. The van der Waals surface area contributed by atoms with Gasteiger partial charge >= 0.3 is 0 Å². The van der Waals surface area contributed by atoms with Gasteiger partial charge in [0.05, 0.1) is 12.1 Å². The highest BCUT2D eigenvalue weighted by Gasteiger charge is 2.31. The number of ether oxygens (including phenoxy) is 1. The smallest absolute Gasteiger partial charge is 0.253 e. The molecule has 1 amide bonds. The van der Waals surface area contributed by atoms with Crippen LogP contribution in [0.5, 0.6) is 0 Å². The number of fused-ring (bicyclic) bond motifs is 1. The van der Waals surface area contributed by atoms with E-state index in [0.29, 0.717) is 32.2 Å². The molecule has 1 aliphatic heterocycles. The first-order chi connectivity index (χ1) is 15.0. The molecule has 1 fully saturated rings. The maximum atomic E-state index is 13.5. The molecule has 3 heterocycles. The molecule has 5 nitrogen and oxygen atoms in total. The summed E-state index contributed by atoms with van der Waals surface area (Å²) in [6.45, 7) is 8.50. The van der Waals surface area contributed by atoms with Crippen LogP contribution in [0.1, 0.15) is 24.3 Å². The first-order valence-electron chi connectivity index (χ1n) is 10.7. The standard InChI is InChI=1S/C24H28BrN3O2S/c1-17(2)12-28(13-18-5-6-22-19(10-18)4-3-7-26-22)24(29)23-15-27(8-9-30-23)14-21-11-20(25)16-31-21/h3-7,10-11,16-17,23H,8-9,12-15H2,1-2H3/t23-/m1/s1. The molecule has 0 bridgehead atoms. The second kappa shape index (κ2) is 10.2. The molecule has 7 heteroatoms. The van der Waals surface area contributed by atoms with Crippen molar-refractivity contribution >= 4 is 44.1 Å². The molecule has 31 heavy (non-hydrogen) atoms. The van der Waals surface area contributed by atoms with E-state index in [-0.39, 0.29) is 5.91 Å². The van der Waals surface area contributed by atoms with Crippen molar-refractivity contribution < 1.29 is 9.53 Å². The molecular formula is C24H28BrN3O2S. The SMILES string of the molecule is CC(C)CN(Cc1ccc2ncccc2c1)C(=O)[C@H]1CN(Cc2cc(Br)cs2)CCO1. The number of thiophene rings is 1. The van der Waals surface area contributed by atoms with Crippen molar-refractivity contribution in [2.45, 2.75) is 33.0 Å². The van der Waals surface area contributed by atoms with E-state index >= 15 is 0 Å². The number of nitrogens with zero attached hydrogens (tertiary/aromatic N) is 3. The number of rotatable bonds is 7. The van der Waals surface area contributed by atoms with Gasteiger partial charge in [-0.1, -0.05) is 26.0 Å². The van der Waals surface area contributed by atoms with Gasteiger partial charge in [0.15, 0.2) is 0 Å². The Hall–Kier alpha value is -1.80. The van der Waals surface area contributed by atoms with Crippen LogP contribution in [-0.2, 0) is 22.6 Å². The van der Waals surface area contributed by atoms with E-state index < -0.39 is 6.10 Å². The Morgan fingerprint density at radius 3 is 3.00 bits per heavy atom. The van der Waals surface area contributed by atoms with E-state index in [4.69, 9.17) is 4.74 Å². The Labute approximate surface area is 196 Å². The van der Waals surface area contributed by atoms with Gasteiger partial charge in [0, 0.05) is 59.0 Å². The van der Waals surface area contributed by atoms with Crippen LogP contribution in [0.3, 0.4) is 0 Å². The number of carbonyl (C=O) groups excluding carboxylic acids is 1. The average Bonchev–Trinajstić information content (AvgIpc) is 3.17. The third-order valence-electron chi connectivity index (χ3n) is 5.37.